The molecule has 2 rings (SSSR count). The summed E-state index contributed by atoms with van der Waals surface area (Å²) in [4.78, 5) is 1.04. The van der Waals surface area contributed by atoms with Crippen LogP contribution < -0.4 is 0 Å². The first kappa shape index (κ1) is 12.9. The van der Waals surface area contributed by atoms with Crippen molar-refractivity contribution in [2.75, 3.05) is 0 Å². The number of halogens is 3. The fourth-order valence-corrected chi connectivity index (χ4v) is 2.96. The Hall–Kier alpha value is -0.510. The maximum atomic E-state index is 13.1. The second kappa shape index (κ2) is 5.89. The number of hydrogen-bond acceptors (Lipinski definition) is 1. The topological polar surface area (TPSA) is 0 Å². The smallest absolute Gasteiger partial charge is 0.137 e. The zero-order valence-electron chi connectivity index (χ0n) is 8.79. The molecule has 0 N–H and O–H groups in total. The minimum Gasteiger partial charge on any atom is -0.206 e. The van der Waals surface area contributed by atoms with Crippen molar-refractivity contribution in [3.8, 4) is 0 Å². The van der Waals surface area contributed by atoms with Gasteiger partial charge in [0.05, 0.1) is 9.50 Å². The standard InChI is InChI=1S/C13H9BrClFS/c14-10-7-9(5-6-12(10)16)8-17-13-4-2-1-3-11(13)15/h1-7H,8H2. The lowest BCUT2D eigenvalue weighted by Gasteiger charge is -2.04. The lowest BCUT2D eigenvalue weighted by molar-refractivity contribution is 0.620. The molecule has 0 amide bonds. The maximum absolute atomic E-state index is 13.1. The molecule has 0 radical (unpaired) electrons. The molecular weight excluding hydrogens is 323 g/mol. The molecule has 0 saturated carbocycles. The van der Waals surface area contributed by atoms with Gasteiger partial charge in [-0.2, -0.15) is 0 Å². The molecule has 17 heavy (non-hydrogen) atoms. The van der Waals surface area contributed by atoms with Crippen molar-refractivity contribution in [3.63, 3.8) is 0 Å². The van der Waals surface area contributed by atoms with Crippen molar-refractivity contribution >= 4 is 39.3 Å². The molecule has 0 nitrogen and oxygen atoms in total. The Morgan fingerprint density at radius 2 is 1.94 bits per heavy atom. The van der Waals surface area contributed by atoms with Crippen molar-refractivity contribution in [2.24, 2.45) is 0 Å². The van der Waals surface area contributed by atoms with E-state index in [0.717, 1.165) is 21.2 Å². The predicted molar refractivity (Wildman–Crippen MR) is 75.1 cm³/mol. The minimum atomic E-state index is -0.239. The van der Waals surface area contributed by atoms with E-state index in [9.17, 15) is 4.39 Å². The van der Waals surface area contributed by atoms with Gasteiger partial charge in [0.2, 0.25) is 0 Å². The van der Waals surface area contributed by atoms with Crippen LogP contribution in [0, 0.1) is 5.82 Å². The summed E-state index contributed by atoms with van der Waals surface area (Å²) >= 11 is 10.9. The molecule has 88 valence electrons. The first-order valence-corrected chi connectivity index (χ1v) is 7.14. The van der Waals surface area contributed by atoms with Gasteiger partial charge in [-0.1, -0.05) is 29.8 Å². The predicted octanol–water partition coefficient (Wildman–Crippen LogP) is 5.53. The highest BCUT2D eigenvalue weighted by molar-refractivity contribution is 9.10. The van der Waals surface area contributed by atoms with E-state index in [1.165, 1.54) is 6.07 Å². The Kier molecular flexibility index (Phi) is 4.48. The Balaban J connectivity index is 2.08. The highest BCUT2D eigenvalue weighted by Gasteiger charge is 2.03. The van der Waals surface area contributed by atoms with Gasteiger partial charge in [0, 0.05) is 10.6 Å². The molecule has 0 spiro atoms. The highest BCUT2D eigenvalue weighted by Crippen LogP contribution is 2.30. The quantitative estimate of drug-likeness (QED) is 0.666. The van der Waals surface area contributed by atoms with E-state index in [0.29, 0.717) is 4.47 Å². The van der Waals surface area contributed by atoms with Crippen molar-refractivity contribution in [3.05, 3.63) is 63.3 Å². The van der Waals surface area contributed by atoms with Crippen LogP contribution in [0.4, 0.5) is 4.39 Å². The minimum absolute atomic E-state index is 0.239. The molecule has 0 saturated heterocycles. The van der Waals surface area contributed by atoms with E-state index in [1.54, 1.807) is 23.9 Å². The van der Waals surface area contributed by atoms with Crippen molar-refractivity contribution in [2.45, 2.75) is 10.6 Å². The third kappa shape index (κ3) is 3.47. The second-order valence-electron chi connectivity index (χ2n) is 3.47. The molecule has 0 aliphatic heterocycles. The lowest BCUT2D eigenvalue weighted by Crippen LogP contribution is -1.84. The van der Waals surface area contributed by atoms with Gasteiger partial charge in [-0.3, -0.25) is 0 Å². The van der Waals surface area contributed by atoms with Crippen LogP contribution in [-0.4, -0.2) is 0 Å². The molecule has 4 heteroatoms. The van der Waals surface area contributed by atoms with Gasteiger partial charge < -0.3 is 0 Å². The summed E-state index contributed by atoms with van der Waals surface area (Å²) in [6.07, 6.45) is 0. The van der Waals surface area contributed by atoms with Crippen LogP contribution in [0.2, 0.25) is 5.02 Å². The van der Waals surface area contributed by atoms with Gasteiger partial charge in [-0.05, 0) is 45.8 Å². The number of benzene rings is 2. The average molecular weight is 332 g/mol. The molecular formula is C13H9BrClFS. The molecule has 0 bridgehead atoms. The van der Waals surface area contributed by atoms with Crippen LogP contribution in [0.15, 0.2) is 51.8 Å². The van der Waals surface area contributed by atoms with Gasteiger partial charge in [0.15, 0.2) is 0 Å². The second-order valence-corrected chi connectivity index (χ2v) is 5.75. The molecule has 2 aromatic rings. The highest BCUT2D eigenvalue weighted by atomic mass is 79.9. The molecule has 0 atom stereocenters. The fraction of sp³-hybridized carbons (Fsp3) is 0.0769. The summed E-state index contributed by atoms with van der Waals surface area (Å²) in [5, 5.41) is 0.749. The summed E-state index contributed by atoms with van der Waals surface area (Å²) in [6.45, 7) is 0. The molecule has 0 fully saturated rings. The van der Waals surface area contributed by atoms with Gasteiger partial charge in [-0.15, -0.1) is 11.8 Å². The van der Waals surface area contributed by atoms with E-state index in [-0.39, 0.29) is 5.82 Å². The Labute approximate surface area is 117 Å². The van der Waals surface area contributed by atoms with Gasteiger partial charge in [0.25, 0.3) is 0 Å². The molecule has 0 unspecified atom stereocenters. The van der Waals surface area contributed by atoms with Crippen LogP contribution in [0.25, 0.3) is 0 Å². The zero-order chi connectivity index (χ0) is 12.3. The van der Waals surface area contributed by atoms with E-state index in [4.69, 9.17) is 11.6 Å². The van der Waals surface area contributed by atoms with Crippen LogP contribution in [0.5, 0.6) is 0 Å². The molecule has 0 heterocycles. The molecule has 0 aliphatic rings. The lowest BCUT2D eigenvalue weighted by atomic mass is 10.2. The number of hydrogen-bond donors (Lipinski definition) is 0. The number of thioether (sulfide) groups is 1. The molecule has 0 aromatic heterocycles. The average Bonchev–Trinajstić information content (AvgIpc) is 2.32. The molecule has 2 aromatic carbocycles. The van der Waals surface area contributed by atoms with Gasteiger partial charge in [0.1, 0.15) is 5.82 Å². The third-order valence-electron chi connectivity index (χ3n) is 2.22. The van der Waals surface area contributed by atoms with Crippen LogP contribution in [0.3, 0.4) is 0 Å². The largest absolute Gasteiger partial charge is 0.206 e. The van der Waals surface area contributed by atoms with E-state index >= 15 is 0 Å². The Morgan fingerprint density at radius 3 is 2.65 bits per heavy atom. The van der Waals surface area contributed by atoms with E-state index in [1.807, 2.05) is 24.3 Å². The molecule has 0 aliphatic carbocycles. The Bertz CT molecular complexity index is 531. The van der Waals surface area contributed by atoms with Gasteiger partial charge in [-0.25, -0.2) is 4.39 Å². The van der Waals surface area contributed by atoms with Crippen molar-refractivity contribution in [1.82, 2.24) is 0 Å². The maximum Gasteiger partial charge on any atom is 0.137 e. The summed E-state index contributed by atoms with van der Waals surface area (Å²) in [6, 6.07) is 12.7. The van der Waals surface area contributed by atoms with Crippen molar-refractivity contribution in [1.29, 1.82) is 0 Å². The first-order chi connectivity index (χ1) is 8.16. The normalized spacial score (nSPS) is 10.5. The third-order valence-corrected chi connectivity index (χ3v) is 4.41. The van der Waals surface area contributed by atoms with E-state index < -0.39 is 0 Å². The van der Waals surface area contributed by atoms with Gasteiger partial charge >= 0.3 is 0 Å². The summed E-state index contributed by atoms with van der Waals surface area (Å²) < 4.78 is 13.5. The SMILES string of the molecule is Fc1ccc(CSc2ccccc2Cl)cc1Br. The summed E-state index contributed by atoms with van der Waals surface area (Å²) in [7, 11) is 0. The zero-order valence-corrected chi connectivity index (χ0v) is 11.9. The van der Waals surface area contributed by atoms with Crippen LogP contribution in [0.1, 0.15) is 5.56 Å². The monoisotopic (exact) mass is 330 g/mol. The van der Waals surface area contributed by atoms with Crippen molar-refractivity contribution < 1.29 is 4.39 Å². The summed E-state index contributed by atoms with van der Waals surface area (Å²) in [5.41, 5.74) is 1.06. The van der Waals surface area contributed by atoms with Crippen LogP contribution >= 0.6 is 39.3 Å². The summed E-state index contributed by atoms with van der Waals surface area (Å²) in [5.74, 6) is 0.527. The van der Waals surface area contributed by atoms with Crippen LogP contribution in [-0.2, 0) is 5.75 Å². The fourth-order valence-electron chi connectivity index (χ4n) is 1.35. The first-order valence-electron chi connectivity index (χ1n) is 4.98. The Morgan fingerprint density at radius 1 is 1.18 bits per heavy atom. The number of rotatable bonds is 3. The van der Waals surface area contributed by atoms with E-state index in [2.05, 4.69) is 15.9 Å².